The Labute approximate surface area is 145 Å². The number of benzene rings is 1. The van der Waals surface area contributed by atoms with Crippen LogP contribution < -0.4 is 15.1 Å². The molecule has 2 aromatic rings. The number of anilines is 2. The molecule has 0 aliphatic carbocycles. The van der Waals surface area contributed by atoms with Crippen molar-refractivity contribution in [1.82, 2.24) is 4.57 Å². The van der Waals surface area contributed by atoms with E-state index in [1.807, 2.05) is 50.1 Å². The van der Waals surface area contributed by atoms with Crippen molar-refractivity contribution in [2.45, 2.75) is 26.8 Å². The van der Waals surface area contributed by atoms with Crippen molar-refractivity contribution in [1.29, 1.82) is 0 Å². The average Bonchev–Trinajstić information content (AvgIpc) is 2.79. The Morgan fingerprint density at radius 1 is 1.29 bits per heavy atom. The lowest BCUT2D eigenvalue weighted by Crippen LogP contribution is -2.21. The number of hydrogen-bond donors (Lipinski definition) is 2. The zero-order valence-electron chi connectivity index (χ0n) is 14.2. The predicted octanol–water partition coefficient (Wildman–Crippen LogP) is 1.98. The van der Waals surface area contributed by atoms with E-state index in [4.69, 9.17) is 5.11 Å². The van der Waals surface area contributed by atoms with Gasteiger partial charge < -0.3 is 19.9 Å². The molecule has 7 heteroatoms. The Kier molecular flexibility index (Phi) is 6.16. The lowest BCUT2D eigenvalue weighted by Gasteiger charge is -2.18. The van der Waals surface area contributed by atoms with Crippen molar-refractivity contribution in [3.63, 3.8) is 0 Å². The van der Waals surface area contributed by atoms with E-state index in [9.17, 15) is 9.59 Å². The third-order valence-electron chi connectivity index (χ3n) is 3.96. The number of thiazole rings is 1. The van der Waals surface area contributed by atoms with Crippen LogP contribution in [0.3, 0.4) is 0 Å². The van der Waals surface area contributed by atoms with Crippen LogP contribution in [-0.4, -0.2) is 35.8 Å². The molecule has 1 aromatic carbocycles. The molecule has 0 aliphatic rings. The molecule has 1 aromatic heterocycles. The minimum absolute atomic E-state index is 0.0194. The summed E-state index contributed by atoms with van der Waals surface area (Å²) < 4.78 is 1.65. The molecule has 0 saturated carbocycles. The van der Waals surface area contributed by atoms with Crippen LogP contribution in [0.15, 0.2) is 29.1 Å². The third-order valence-corrected chi connectivity index (χ3v) is 4.96. The fourth-order valence-corrected chi connectivity index (χ4v) is 3.22. The topological polar surface area (TPSA) is 74.6 Å². The number of carbonyl (C=O) groups is 1. The highest BCUT2D eigenvalue weighted by atomic mass is 32.1. The first-order valence-electron chi connectivity index (χ1n) is 7.81. The summed E-state index contributed by atoms with van der Waals surface area (Å²) in [5.74, 6) is -0.124. The quantitative estimate of drug-likeness (QED) is 0.802. The second kappa shape index (κ2) is 8.12. The number of nitrogens with one attached hydrogen (secondary N) is 1. The molecule has 24 heavy (non-hydrogen) atoms. The molecule has 0 bridgehead atoms. The van der Waals surface area contributed by atoms with E-state index in [0.717, 1.165) is 16.3 Å². The van der Waals surface area contributed by atoms with Gasteiger partial charge in [0.15, 0.2) is 0 Å². The Balaban J connectivity index is 1.91. The summed E-state index contributed by atoms with van der Waals surface area (Å²) >= 11 is 1.21. The molecule has 0 atom stereocenters. The number of aryl methyl sites for hydroxylation is 1. The van der Waals surface area contributed by atoms with Crippen LogP contribution in [0.5, 0.6) is 0 Å². The molecule has 0 aliphatic heterocycles. The smallest absolute Gasteiger partial charge is 0.307 e. The van der Waals surface area contributed by atoms with Crippen LogP contribution in [0.1, 0.15) is 17.0 Å². The van der Waals surface area contributed by atoms with Gasteiger partial charge in [-0.1, -0.05) is 11.3 Å². The van der Waals surface area contributed by atoms with Gasteiger partial charge in [0.2, 0.25) is 5.91 Å². The lowest BCUT2D eigenvalue weighted by atomic mass is 10.2. The van der Waals surface area contributed by atoms with Crippen LogP contribution >= 0.6 is 11.3 Å². The number of likely N-dealkylation sites (N-methyl/N-ethyl adjacent to an activating group) is 1. The minimum atomic E-state index is -0.124. The third kappa shape index (κ3) is 4.46. The van der Waals surface area contributed by atoms with E-state index in [2.05, 4.69) is 5.32 Å². The normalized spacial score (nSPS) is 10.7. The van der Waals surface area contributed by atoms with Gasteiger partial charge in [0.25, 0.3) is 0 Å². The van der Waals surface area contributed by atoms with Gasteiger partial charge in [0, 0.05) is 48.5 Å². The van der Waals surface area contributed by atoms with E-state index in [1.54, 1.807) is 4.57 Å². The molecule has 2 rings (SSSR count). The molecular formula is C17H23N3O3S. The molecule has 2 N–H and O–H groups in total. The predicted molar refractivity (Wildman–Crippen MR) is 98.1 cm³/mol. The van der Waals surface area contributed by atoms with Gasteiger partial charge in [-0.15, -0.1) is 0 Å². The van der Waals surface area contributed by atoms with Crippen molar-refractivity contribution in [3.05, 3.63) is 44.5 Å². The number of amides is 1. The maximum absolute atomic E-state index is 12.1. The Bertz CT molecular complexity index is 749. The van der Waals surface area contributed by atoms with Crippen molar-refractivity contribution in [2.75, 3.05) is 30.4 Å². The molecule has 0 radical (unpaired) electrons. The zero-order chi connectivity index (χ0) is 17.7. The molecule has 1 amide bonds. The highest BCUT2D eigenvalue weighted by molar-refractivity contribution is 7.09. The Morgan fingerprint density at radius 2 is 1.96 bits per heavy atom. The van der Waals surface area contributed by atoms with Gasteiger partial charge in [-0.05, 0) is 38.1 Å². The van der Waals surface area contributed by atoms with Crippen molar-refractivity contribution >= 4 is 28.6 Å². The number of carbonyl (C=O) groups excluding carboxylic acids is 1. The number of aliphatic hydroxyl groups is 1. The van der Waals surface area contributed by atoms with Crippen LogP contribution in [0.25, 0.3) is 0 Å². The molecule has 0 spiro atoms. The van der Waals surface area contributed by atoms with Crippen molar-refractivity contribution < 1.29 is 9.90 Å². The summed E-state index contributed by atoms with van der Waals surface area (Å²) in [6.07, 6.45) is 0.253. The summed E-state index contributed by atoms with van der Waals surface area (Å²) in [7, 11) is 1.90. The fourth-order valence-electron chi connectivity index (χ4n) is 2.36. The first kappa shape index (κ1) is 18.2. The van der Waals surface area contributed by atoms with Gasteiger partial charge in [-0.3, -0.25) is 9.59 Å². The maximum Gasteiger partial charge on any atom is 0.307 e. The molecule has 6 nitrogen and oxygen atoms in total. The second-order valence-electron chi connectivity index (χ2n) is 5.65. The number of nitrogens with zero attached hydrogens (tertiary/aromatic N) is 2. The van der Waals surface area contributed by atoms with Gasteiger partial charge in [-0.25, -0.2) is 0 Å². The first-order valence-corrected chi connectivity index (χ1v) is 8.62. The van der Waals surface area contributed by atoms with Crippen LogP contribution in [0.2, 0.25) is 0 Å². The van der Waals surface area contributed by atoms with Gasteiger partial charge in [-0.2, -0.15) is 0 Å². The minimum Gasteiger partial charge on any atom is -0.395 e. The van der Waals surface area contributed by atoms with E-state index in [1.165, 1.54) is 11.3 Å². The van der Waals surface area contributed by atoms with Gasteiger partial charge in [0.05, 0.1) is 6.61 Å². The summed E-state index contributed by atoms with van der Waals surface area (Å²) in [6, 6.07) is 7.44. The SMILES string of the molecule is Cc1sc(=O)n(CCC(=O)Nc2ccc(N(C)CCO)cc2)c1C. The van der Waals surface area contributed by atoms with E-state index in [0.29, 0.717) is 18.8 Å². The molecule has 130 valence electrons. The summed E-state index contributed by atoms with van der Waals surface area (Å²) in [6.45, 7) is 4.84. The highest BCUT2D eigenvalue weighted by Gasteiger charge is 2.10. The summed E-state index contributed by atoms with van der Waals surface area (Å²) in [4.78, 5) is 26.8. The monoisotopic (exact) mass is 349 g/mol. The van der Waals surface area contributed by atoms with Crippen molar-refractivity contribution in [3.8, 4) is 0 Å². The average molecular weight is 349 g/mol. The van der Waals surface area contributed by atoms with Gasteiger partial charge >= 0.3 is 4.87 Å². The van der Waals surface area contributed by atoms with Gasteiger partial charge in [0.1, 0.15) is 0 Å². The lowest BCUT2D eigenvalue weighted by molar-refractivity contribution is -0.116. The molecule has 1 heterocycles. The number of aromatic nitrogens is 1. The molecule has 0 fully saturated rings. The zero-order valence-corrected chi connectivity index (χ0v) is 15.0. The van der Waals surface area contributed by atoms with Crippen LogP contribution in [0.4, 0.5) is 11.4 Å². The molecule has 0 saturated heterocycles. The Morgan fingerprint density at radius 3 is 2.50 bits per heavy atom. The second-order valence-corrected chi connectivity index (χ2v) is 6.82. The largest absolute Gasteiger partial charge is 0.395 e. The molecule has 0 unspecified atom stereocenters. The van der Waals surface area contributed by atoms with E-state index in [-0.39, 0.29) is 23.8 Å². The number of aliphatic hydroxyl groups excluding tert-OH is 1. The molecular weight excluding hydrogens is 326 g/mol. The standard InChI is InChI=1S/C17H23N3O3S/c1-12-13(2)24-17(23)20(12)9-8-16(22)18-14-4-6-15(7-5-14)19(3)10-11-21/h4-7,21H,8-11H2,1-3H3,(H,18,22). The van der Waals surface area contributed by atoms with Crippen LogP contribution in [-0.2, 0) is 11.3 Å². The summed E-state index contributed by atoms with van der Waals surface area (Å²) in [5.41, 5.74) is 2.61. The van der Waals surface area contributed by atoms with Crippen molar-refractivity contribution in [2.24, 2.45) is 0 Å². The van der Waals surface area contributed by atoms with E-state index >= 15 is 0 Å². The first-order chi connectivity index (χ1) is 11.4. The van der Waals surface area contributed by atoms with E-state index < -0.39 is 0 Å². The number of rotatable bonds is 7. The fraction of sp³-hybridized carbons (Fsp3) is 0.412. The Hall–Kier alpha value is -2.12. The van der Waals surface area contributed by atoms with Crippen LogP contribution in [0, 0.1) is 13.8 Å². The number of hydrogen-bond acceptors (Lipinski definition) is 5. The maximum atomic E-state index is 12.1. The summed E-state index contributed by atoms with van der Waals surface area (Å²) in [5, 5.41) is 11.8. The highest BCUT2D eigenvalue weighted by Crippen LogP contribution is 2.17.